The summed E-state index contributed by atoms with van der Waals surface area (Å²) in [5.41, 5.74) is 3.34. The lowest BCUT2D eigenvalue weighted by Crippen LogP contribution is -2.24. The van der Waals surface area contributed by atoms with Crippen molar-refractivity contribution in [3.05, 3.63) is 40.6 Å². The summed E-state index contributed by atoms with van der Waals surface area (Å²) in [5.74, 6) is 0. The topological polar surface area (TPSA) is 43.0 Å². The Kier molecular flexibility index (Phi) is 5.26. The van der Waals surface area contributed by atoms with Gasteiger partial charge in [-0.3, -0.25) is 4.68 Å². The van der Waals surface area contributed by atoms with Crippen LogP contribution >= 0.6 is 11.6 Å². The molecule has 2 heterocycles. The molecular weight excluding hydrogens is 274 g/mol. The Hall–Kier alpha value is -1.26. The molecule has 0 aliphatic carbocycles. The summed E-state index contributed by atoms with van der Waals surface area (Å²) in [6, 6.07) is 4.25. The number of rotatable bonds is 7. The number of aryl methyl sites for hydroxylation is 2. The predicted octanol–water partition coefficient (Wildman–Crippen LogP) is 3.51. The maximum absolute atomic E-state index is 6.12. The third-order valence-corrected chi connectivity index (χ3v) is 3.77. The van der Waals surface area contributed by atoms with Gasteiger partial charge in [0.15, 0.2) is 5.22 Å². The van der Waals surface area contributed by atoms with E-state index in [1.807, 2.05) is 17.8 Å². The third kappa shape index (κ3) is 3.44. The minimum Gasteiger partial charge on any atom is -0.453 e. The zero-order valence-electron chi connectivity index (χ0n) is 12.3. The van der Waals surface area contributed by atoms with Gasteiger partial charge in [0, 0.05) is 30.8 Å². The summed E-state index contributed by atoms with van der Waals surface area (Å²) in [4.78, 5) is 0. The van der Waals surface area contributed by atoms with Gasteiger partial charge in [0.25, 0.3) is 0 Å². The molecule has 110 valence electrons. The van der Waals surface area contributed by atoms with Crippen molar-refractivity contribution in [1.82, 2.24) is 15.1 Å². The second-order valence-corrected chi connectivity index (χ2v) is 5.31. The molecular formula is C15H22ClN3O. The van der Waals surface area contributed by atoms with Crippen LogP contribution in [-0.4, -0.2) is 16.3 Å². The van der Waals surface area contributed by atoms with Crippen molar-refractivity contribution in [3.63, 3.8) is 0 Å². The lowest BCUT2D eigenvalue weighted by Gasteiger charge is -2.17. The Bertz CT molecular complexity index is 547. The molecule has 0 amide bonds. The first-order valence-electron chi connectivity index (χ1n) is 7.13. The Morgan fingerprint density at radius 2 is 2.25 bits per heavy atom. The van der Waals surface area contributed by atoms with Crippen molar-refractivity contribution in [2.45, 2.75) is 39.2 Å². The van der Waals surface area contributed by atoms with Crippen molar-refractivity contribution >= 4 is 11.6 Å². The Labute approximate surface area is 125 Å². The molecule has 1 N–H and O–H groups in total. The first kappa shape index (κ1) is 15.1. The summed E-state index contributed by atoms with van der Waals surface area (Å²) in [7, 11) is 1.99. The molecule has 2 rings (SSSR count). The van der Waals surface area contributed by atoms with Crippen molar-refractivity contribution in [2.24, 2.45) is 7.05 Å². The van der Waals surface area contributed by atoms with Gasteiger partial charge < -0.3 is 9.73 Å². The first-order valence-corrected chi connectivity index (χ1v) is 7.51. The van der Waals surface area contributed by atoms with E-state index in [0.717, 1.165) is 37.1 Å². The van der Waals surface area contributed by atoms with Gasteiger partial charge in [-0.25, -0.2) is 0 Å². The first-order chi connectivity index (χ1) is 9.65. The normalized spacial score (nSPS) is 12.8. The number of hydrogen-bond donors (Lipinski definition) is 1. The van der Waals surface area contributed by atoms with Gasteiger partial charge in [0.1, 0.15) is 0 Å². The number of nitrogens with zero attached hydrogens (tertiary/aromatic N) is 2. The molecule has 1 unspecified atom stereocenters. The van der Waals surface area contributed by atoms with Gasteiger partial charge in [0.2, 0.25) is 0 Å². The number of aromatic nitrogens is 2. The average molecular weight is 296 g/mol. The molecule has 4 nitrogen and oxygen atoms in total. The highest BCUT2D eigenvalue weighted by Gasteiger charge is 2.19. The molecule has 0 spiro atoms. The van der Waals surface area contributed by atoms with E-state index in [2.05, 4.69) is 30.3 Å². The van der Waals surface area contributed by atoms with Crippen LogP contribution in [0.5, 0.6) is 0 Å². The van der Waals surface area contributed by atoms with E-state index < -0.39 is 0 Å². The summed E-state index contributed by atoms with van der Waals surface area (Å²) < 4.78 is 7.17. The van der Waals surface area contributed by atoms with Crippen LogP contribution in [0.2, 0.25) is 5.22 Å². The molecule has 0 saturated heterocycles. The maximum Gasteiger partial charge on any atom is 0.197 e. The smallest absolute Gasteiger partial charge is 0.197 e. The molecule has 0 saturated carbocycles. The van der Waals surface area contributed by atoms with Crippen LogP contribution in [0.1, 0.15) is 43.3 Å². The molecule has 0 aliphatic heterocycles. The van der Waals surface area contributed by atoms with Crippen LogP contribution in [0, 0.1) is 0 Å². The highest BCUT2D eigenvalue weighted by atomic mass is 35.5. The number of nitrogens with one attached hydrogen (secondary N) is 1. The summed E-state index contributed by atoms with van der Waals surface area (Å²) >= 11 is 6.12. The van der Waals surface area contributed by atoms with Crippen LogP contribution in [0.3, 0.4) is 0 Å². The highest BCUT2D eigenvalue weighted by Crippen LogP contribution is 2.27. The lowest BCUT2D eigenvalue weighted by atomic mass is 10.0. The van der Waals surface area contributed by atoms with E-state index >= 15 is 0 Å². The third-order valence-electron chi connectivity index (χ3n) is 3.47. The van der Waals surface area contributed by atoms with Gasteiger partial charge in [-0.2, -0.15) is 5.10 Å². The molecule has 0 fully saturated rings. The Morgan fingerprint density at radius 3 is 2.80 bits per heavy atom. The molecule has 0 aliphatic rings. The SMILES string of the molecule is CCCNC(Cc1cc(CC)nn1C)c1ccoc1Cl. The maximum atomic E-state index is 6.12. The second kappa shape index (κ2) is 6.95. The number of hydrogen-bond acceptors (Lipinski definition) is 3. The minimum atomic E-state index is 0.154. The fourth-order valence-electron chi connectivity index (χ4n) is 2.31. The van der Waals surface area contributed by atoms with E-state index in [4.69, 9.17) is 16.0 Å². The number of furan rings is 1. The second-order valence-electron chi connectivity index (χ2n) is 4.96. The quantitative estimate of drug-likeness (QED) is 0.850. The van der Waals surface area contributed by atoms with Crippen LogP contribution in [-0.2, 0) is 19.9 Å². The van der Waals surface area contributed by atoms with Crippen molar-refractivity contribution < 1.29 is 4.42 Å². The Balaban J connectivity index is 2.19. The van der Waals surface area contributed by atoms with Crippen LogP contribution in [0.15, 0.2) is 22.8 Å². The standard InChI is InChI=1S/C15H22ClN3O/c1-4-7-17-14(13-6-8-20-15(13)16)10-12-9-11(5-2)18-19(12)3/h6,8-9,14,17H,4-5,7,10H2,1-3H3. The molecule has 1 atom stereocenters. The fourth-order valence-corrected chi connectivity index (χ4v) is 2.55. The monoisotopic (exact) mass is 295 g/mol. The van der Waals surface area contributed by atoms with Gasteiger partial charge in [0.05, 0.1) is 12.0 Å². The zero-order chi connectivity index (χ0) is 14.5. The number of halogens is 1. The van der Waals surface area contributed by atoms with E-state index in [1.165, 1.54) is 5.69 Å². The summed E-state index contributed by atoms with van der Waals surface area (Å²) in [6.07, 6.45) is 4.52. The van der Waals surface area contributed by atoms with Crippen LogP contribution in [0.25, 0.3) is 0 Å². The minimum absolute atomic E-state index is 0.154. The van der Waals surface area contributed by atoms with Crippen molar-refractivity contribution in [2.75, 3.05) is 6.54 Å². The fraction of sp³-hybridized carbons (Fsp3) is 0.533. The lowest BCUT2D eigenvalue weighted by molar-refractivity contribution is 0.500. The molecule has 0 bridgehead atoms. The van der Waals surface area contributed by atoms with Gasteiger partial charge in [-0.05, 0) is 43.1 Å². The van der Waals surface area contributed by atoms with Gasteiger partial charge in [-0.15, -0.1) is 0 Å². The van der Waals surface area contributed by atoms with Gasteiger partial charge in [-0.1, -0.05) is 13.8 Å². The van der Waals surface area contributed by atoms with Crippen molar-refractivity contribution in [3.8, 4) is 0 Å². The van der Waals surface area contributed by atoms with E-state index in [0.29, 0.717) is 5.22 Å². The average Bonchev–Trinajstić information content (AvgIpc) is 3.01. The van der Waals surface area contributed by atoms with Crippen LogP contribution in [0.4, 0.5) is 0 Å². The molecule has 5 heteroatoms. The van der Waals surface area contributed by atoms with Crippen molar-refractivity contribution in [1.29, 1.82) is 0 Å². The largest absolute Gasteiger partial charge is 0.453 e. The van der Waals surface area contributed by atoms with E-state index in [-0.39, 0.29) is 6.04 Å². The van der Waals surface area contributed by atoms with E-state index in [9.17, 15) is 0 Å². The van der Waals surface area contributed by atoms with E-state index in [1.54, 1.807) is 6.26 Å². The molecule has 2 aromatic heterocycles. The molecule has 0 aromatic carbocycles. The predicted molar refractivity (Wildman–Crippen MR) is 81.0 cm³/mol. The zero-order valence-corrected chi connectivity index (χ0v) is 13.1. The Morgan fingerprint density at radius 1 is 1.45 bits per heavy atom. The highest BCUT2D eigenvalue weighted by molar-refractivity contribution is 6.29. The molecule has 0 radical (unpaired) electrons. The molecule has 20 heavy (non-hydrogen) atoms. The summed E-state index contributed by atoms with van der Waals surface area (Å²) in [6.45, 7) is 5.22. The van der Waals surface area contributed by atoms with Crippen LogP contribution < -0.4 is 5.32 Å². The molecule has 2 aromatic rings. The van der Waals surface area contributed by atoms with Gasteiger partial charge >= 0.3 is 0 Å². The summed E-state index contributed by atoms with van der Waals surface area (Å²) in [5, 5.41) is 8.50.